The molecule has 0 saturated heterocycles. The molecule has 334 valence electrons. The third-order valence-electron chi connectivity index (χ3n) is 12.0. The molecule has 1 saturated carbocycles. The van der Waals surface area contributed by atoms with Gasteiger partial charge in [0, 0.05) is 44.2 Å². The number of unbranched alkanes of at least 4 members (excludes halogenated alkanes) is 2. The molecule has 6 unspecified atom stereocenters. The SMILES string of the molecule is C=CCOC12Oc3ccc(OC(=O)NCc4ccccc4)cc3C3C(CCCCO)C(CCCCO)C=C(C(=NOC)CC1N(CCC)C(=O)OCCOCc1ccccc1)C32. The summed E-state index contributed by atoms with van der Waals surface area (Å²) in [7, 11) is 1.52. The van der Waals surface area contributed by atoms with E-state index < -0.39 is 29.9 Å². The van der Waals surface area contributed by atoms with Crippen LogP contribution in [0.25, 0.3) is 0 Å². The predicted octanol–water partition coefficient (Wildman–Crippen LogP) is 8.30. The van der Waals surface area contributed by atoms with Crippen molar-refractivity contribution in [3.05, 3.63) is 120 Å². The van der Waals surface area contributed by atoms with Gasteiger partial charge in [0.15, 0.2) is 0 Å². The number of aliphatic hydroxyl groups excluding tert-OH is 2. The summed E-state index contributed by atoms with van der Waals surface area (Å²) in [6, 6.07) is 24.1. The molecule has 13 nitrogen and oxygen atoms in total. The third kappa shape index (κ3) is 11.2. The summed E-state index contributed by atoms with van der Waals surface area (Å²) in [5, 5.41) is 27.2. The average Bonchev–Trinajstić information content (AvgIpc) is 3.29. The van der Waals surface area contributed by atoms with Gasteiger partial charge < -0.3 is 44.1 Å². The molecule has 62 heavy (non-hydrogen) atoms. The van der Waals surface area contributed by atoms with Crippen LogP contribution in [0.3, 0.4) is 0 Å². The standard InChI is InChI=1S/C49H63N3O10/c1-4-24-52(48(56)59-29-28-58-34-36-18-10-7-11-19-36)44-32-42(51-57-3)40-30-37(20-12-14-25-53)39(21-13-15-26-54)45-41-31-38(61-47(55)50-33-35-16-8-6-9-17-35)22-23-43(41)62-49(44,46(40)45)60-27-5-2/h5-11,16-19,22-23,30-31,37,39,44-46,53-54H,2,4,12-15,20-21,24-29,32-34H2,1,3H3,(H,50,55). The molecule has 2 aliphatic carbocycles. The Kier molecular flexibility index (Phi) is 17.4. The minimum Gasteiger partial charge on any atom is -0.459 e. The second-order valence-corrected chi connectivity index (χ2v) is 16.0. The van der Waals surface area contributed by atoms with Crippen LogP contribution in [0.2, 0.25) is 0 Å². The van der Waals surface area contributed by atoms with E-state index in [1.54, 1.807) is 17.0 Å². The van der Waals surface area contributed by atoms with Crippen molar-refractivity contribution < 1.29 is 48.3 Å². The highest BCUT2D eigenvalue weighted by molar-refractivity contribution is 6.03. The first-order valence-electron chi connectivity index (χ1n) is 22.0. The van der Waals surface area contributed by atoms with Gasteiger partial charge in [-0.25, -0.2) is 9.59 Å². The number of hydrogen-bond donors (Lipinski definition) is 3. The number of nitrogens with zero attached hydrogens (tertiary/aromatic N) is 2. The molecule has 3 aliphatic rings. The molecule has 1 fully saturated rings. The van der Waals surface area contributed by atoms with Crippen molar-refractivity contribution in [1.82, 2.24) is 10.2 Å². The molecule has 6 rings (SSSR count). The molecular formula is C49H63N3O10. The lowest BCUT2D eigenvalue weighted by Crippen LogP contribution is -2.70. The van der Waals surface area contributed by atoms with Crippen LogP contribution in [0, 0.1) is 17.8 Å². The van der Waals surface area contributed by atoms with Crippen molar-refractivity contribution in [2.75, 3.05) is 46.7 Å². The number of oxime groups is 1. The zero-order chi connectivity index (χ0) is 43.7. The highest BCUT2D eigenvalue weighted by Gasteiger charge is 2.65. The first-order chi connectivity index (χ1) is 30.4. The molecule has 3 N–H and O–H groups in total. The Morgan fingerprint density at radius 3 is 2.39 bits per heavy atom. The van der Waals surface area contributed by atoms with Gasteiger partial charge in [-0.3, -0.25) is 4.90 Å². The molecule has 1 aliphatic heterocycles. The normalized spacial score (nSPS) is 22.9. The van der Waals surface area contributed by atoms with E-state index in [2.05, 4.69) is 23.1 Å². The number of fused-ring (bicyclic) bond motifs is 2. The van der Waals surface area contributed by atoms with Crippen LogP contribution < -0.4 is 14.8 Å². The zero-order valence-corrected chi connectivity index (χ0v) is 36.1. The Morgan fingerprint density at radius 1 is 0.968 bits per heavy atom. The van der Waals surface area contributed by atoms with Crippen LogP contribution in [0.5, 0.6) is 11.5 Å². The largest absolute Gasteiger partial charge is 0.459 e. The van der Waals surface area contributed by atoms with E-state index in [0.717, 1.165) is 47.9 Å². The first-order valence-corrected chi connectivity index (χ1v) is 22.0. The molecule has 0 aromatic heterocycles. The smallest absolute Gasteiger partial charge is 0.412 e. The van der Waals surface area contributed by atoms with Gasteiger partial charge in [0.05, 0.1) is 31.5 Å². The van der Waals surface area contributed by atoms with Crippen molar-refractivity contribution in [1.29, 1.82) is 0 Å². The number of amides is 2. The Hall–Kier alpha value is -5.21. The first kappa shape index (κ1) is 46.3. The van der Waals surface area contributed by atoms with Crippen LogP contribution in [-0.2, 0) is 32.2 Å². The highest BCUT2D eigenvalue weighted by Crippen LogP contribution is 2.62. The molecule has 3 aromatic carbocycles. The Labute approximate surface area is 365 Å². The number of ether oxygens (including phenoxy) is 5. The van der Waals surface area contributed by atoms with Gasteiger partial charge in [0.25, 0.3) is 0 Å². The average molecular weight is 854 g/mol. The number of benzene rings is 3. The third-order valence-corrected chi connectivity index (χ3v) is 12.0. The van der Waals surface area contributed by atoms with Gasteiger partial charge in [0.2, 0.25) is 5.79 Å². The van der Waals surface area contributed by atoms with E-state index in [0.29, 0.717) is 56.2 Å². The second-order valence-electron chi connectivity index (χ2n) is 16.0. The van der Waals surface area contributed by atoms with Crippen molar-refractivity contribution in [2.45, 2.75) is 89.2 Å². The molecule has 2 amide bonds. The molecule has 0 spiro atoms. The summed E-state index contributed by atoms with van der Waals surface area (Å²) in [4.78, 5) is 34.8. The maximum Gasteiger partial charge on any atom is 0.412 e. The highest BCUT2D eigenvalue weighted by atomic mass is 16.7. The predicted molar refractivity (Wildman–Crippen MR) is 236 cm³/mol. The van der Waals surface area contributed by atoms with Crippen molar-refractivity contribution in [3.8, 4) is 11.5 Å². The topological polar surface area (TPSA) is 158 Å². The zero-order valence-electron chi connectivity index (χ0n) is 36.1. The molecule has 1 heterocycles. The lowest BCUT2D eigenvalue weighted by molar-refractivity contribution is -0.255. The van der Waals surface area contributed by atoms with Crippen LogP contribution in [-0.4, -0.2) is 91.5 Å². The molecular weight excluding hydrogens is 791 g/mol. The quantitative estimate of drug-likeness (QED) is 0.0482. The second kappa shape index (κ2) is 23.3. The number of carbonyl (C=O) groups excluding carboxylic acids is 2. The minimum atomic E-state index is -1.44. The minimum absolute atomic E-state index is 0.00129. The molecule has 3 aromatic rings. The van der Waals surface area contributed by atoms with Gasteiger partial charge >= 0.3 is 12.2 Å². The van der Waals surface area contributed by atoms with Gasteiger partial charge in [-0.2, -0.15) is 0 Å². The maximum atomic E-state index is 14.4. The molecule has 13 heteroatoms. The van der Waals surface area contributed by atoms with Crippen LogP contribution in [0.4, 0.5) is 9.59 Å². The van der Waals surface area contributed by atoms with Crippen molar-refractivity contribution in [3.63, 3.8) is 0 Å². The van der Waals surface area contributed by atoms with E-state index in [4.69, 9.17) is 28.5 Å². The fourth-order valence-electron chi connectivity index (χ4n) is 9.39. The number of aliphatic hydroxyl groups is 2. The van der Waals surface area contributed by atoms with E-state index >= 15 is 0 Å². The van der Waals surface area contributed by atoms with E-state index in [1.165, 1.54) is 7.11 Å². The number of allylic oxidation sites excluding steroid dienone is 1. The van der Waals surface area contributed by atoms with Crippen molar-refractivity contribution >= 4 is 17.9 Å². The van der Waals surface area contributed by atoms with Crippen LogP contribution in [0.15, 0.2) is 108 Å². The fourth-order valence-corrected chi connectivity index (χ4v) is 9.39. The number of hydrogen-bond acceptors (Lipinski definition) is 11. The Bertz CT molecular complexity index is 1960. The molecule has 0 radical (unpaired) electrons. The lowest BCUT2D eigenvalue weighted by Gasteiger charge is -2.59. The summed E-state index contributed by atoms with van der Waals surface area (Å²) in [5.41, 5.74) is 4.38. The van der Waals surface area contributed by atoms with E-state index in [9.17, 15) is 19.8 Å². The maximum absolute atomic E-state index is 14.4. The van der Waals surface area contributed by atoms with Crippen LogP contribution in [0.1, 0.15) is 80.9 Å². The molecule has 6 atom stereocenters. The monoisotopic (exact) mass is 853 g/mol. The van der Waals surface area contributed by atoms with E-state index in [1.807, 2.05) is 79.7 Å². The lowest BCUT2D eigenvalue weighted by atomic mass is 9.55. The number of rotatable bonds is 23. The summed E-state index contributed by atoms with van der Waals surface area (Å²) < 4.78 is 31.9. The van der Waals surface area contributed by atoms with Gasteiger partial charge in [-0.05, 0) is 78.8 Å². The molecule has 0 bridgehead atoms. The summed E-state index contributed by atoms with van der Waals surface area (Å²) >= 11 is 0. The fraction of sp³-hybridized carbons (Fsp3) is 0.490. The summed E-state index contributed by atoms with van der Waals surface area (Å²) in [5.74, 6) is -1.30. The number of carbonyl (C=O) groups is 2. The van der Waals surface area contributed by atoms with Crippen molar-refractivity contribution in [2.24, 2.45) is 22.9 Å². The van der Waals surface area contributed by atoms with Gasteiger partial charge in [0.1, 0.15) is 31.3 Å². The number of nitrogens with one attached hydrogen (secondary N) is 1. The summed E-state index contributed by atoms with van der Waals surface area (Å²) in [6.07, 6.45) is 8.13. The van der Waals surface area contributed by atoms with Crippen LogP contribution >= 0.6 is 0 Å². The van der Waals surface area contributed by atoms with Gasteiger partial charge in [-0.15, -0.1) is 6.58 Å². The Morgan fingerprint density at radius 2 is 1.69 bits per heavy atom. The van der Waals surface area contributed by atoms with E-state index in [-0.39, 0.29) is 57.2 Å². The van der Waals surface area contributed by atoms with Gasteiger partial charge in [-0.1, -0.05) is 97.7 Å². The summed E-state index contributed by atoms with van der Waals surface area (Å²) in [6.45, 7) is 7.58. The Balaban J connectivity index is 1.41.